The highest BCUT2D eigenvalue weighted by Crippen LogP contribution is 2.27. The molecule has 6 heteroatoms. The van der Waals surface area contributed by atoms with Crippen LogP contribution in [-0.2, 0) is 13.0 Å². The van der Waals surface area contributed by atoms with Crippen molar-refractivity contribution >= 4 is 5.91 Å². The van der Waals surface area contributed by atoms with Crippen molar-refractivity contribution in [3.63, 3.8) is 0 Å². The number of carbonyl (C=O) groups excluding carboxylic acids is 1. The summed E-state index contributed by atoms with van der Waals surface area (Å²) in [6, 6.07) is 18.1. The molecule has 0 saturated carbocycles. The molecule has 0 aliphatic heterocycles. The number of methoxy groups -OCH3 is 1. The van der Waals surface area contributed by atoms with E-state index in [1.54, 1.807) is 19.6 Å². The third-order valence-corrected chi connectivity index (χ3v) is 6.16. The molecule has 33 heavy (non-hydrogen) atoms. The molecule has 0 aliphatic carbocycles. The number of rotatable bonds is 8. The molecule has 4 rings (SSSR count). The quantitative estimate of drug-likeness (QED) is 0.432. The Morgan fingerprint density at radius 2 is 1.76 bits per heavy atom. The lowest BCUT2D eigenvalue weighted by Gasteiger charge is -2.20. The lowest BCUT2D eigenvalue weighted by molar-refractivity contribution is 0.0931. The fraction of sp³-hybridized carbons (Fsp3) is 0.259. The number of ether oxygens (including phenoxy) is 1. The molecule has 6 nitrogen and oxygen atoms in total. The third kappa shape index (κ3) is 4.85. The molecule has 4 aromatic rings. The Morgan fingerprint density at radius 1 is 1.03 bits per heavy atom. The number of hydrogen-bond acceptors (Lipinski definition) is 3. The number of hydrogen-bond donors (Lipinski definition) is 1. The van der Waals surface area contributed by atoms with Crippen molar-refractivity contribution < 1.29 is 9.53 Å². The minimum absolute atomic E-state index is 0.0543. The van der Waals surface area contributed by atoms with E-state index in [0.717, 1.165) is 40.4 Å². The Kier molecular flexibility index (Phi) is 6.63. The Balaban J connectivity index is 1.62. The lowest BCUT2D eigenvalue weighted by atomic mass is 10.0. The molecule has 0 fully saturated rings. The molecule has 1 N–H and O–H groups in total. The van der Waals surface area contributed by atoms with Crippen LogP contribution in [0.4, 0.5) is 0 Å². The number of amides is 1. The van der Waals surface area contributed by atoms with E-state index in [0.29, 0.717) is 6.54 Å². The van der Waals surface area contributed by atoms with Crippen molar-refractivity contribution in [3.8, 4) is 11.4 Å². The van der Waals surface area contributed by atoms with E-state index in [1.807, 2.05) is 67.1 Å². The SMILES string of the molecule is COc1ccc(-n2c(C)c(C)c(C(=O)N[C@@H](Cc3ccccc3)Cn3ccnc3)c2C)cc1. The van der Waals surface area contributed by atoms with Crippen LogP contribution in [0.3, 0.4) is 0 Å². The highest BCUT2D eigenvalue weighted by atomic mass is 16.5. The minimum Gasteiger partial charge on any atom is -0.497 e. The Hall–Kier alpha value is -3.80. The normalized spacial score (nSPS) is 11.9. The van der Waals surface area contributed by atoms with Gasteiger partial charge in [-0.2, -0.15) is 0 Å². The maximum atomic E-state index is 13.5. The van der Waals surface area contributed by atoms with Gasteiger partial charge in [0, 0.05) is 36.0 Å². The van der Waals surface area contributed by atoms with Crippen LogP contribution in [0.25, 0.3) is 5.69 Å². The lowest BCUT2D eigenvalue weighted by Crippen LogP contribution is -2.39. The molecule has 170 valence electrons. The van der Waals surface area contributed by atoms with Gasteiger partial charge in [0.1, 0.15) is 5.75 Å². The molecule has 0 aliphatic rings. The minimum atomic E-state index is -0.0717. The number of imidazole rings is 1. The zero-order chi connectivity index (χ0) is 23.4. The molecular formula is C27H30N4O2. The number of benzene rings is 2. The molecule has 1 amide bonds. The first kappa shape index (κ1) is 22.4. The van der Waals surface area contributed by atoms with Gasteiger partial charge in [-0.3, -0.25) is 4.79 Å². The number of nitrogens with zero attached hydrogens (tertiary/aromatic N) is 3. The van der Waals surface area contributed by atoms with E-state index in [-0.39, 0.29) is 11.9 Å². The summed E-state index contributed by atoms with van der Waals surface area (Å²) in [4.78, 5) is 17.7. The molecule has 2 heterocycles. The standard InChI is InChI=1S/C27H30N4O2/c1-19-20(2)31(24-10-12-25(33-4)13-11-24)21(3)26(19)27(32)29-23(17-30-15-14-28-18-30)16-22-8-6-5-7-9-22/h5-15,18,23H,16-17H2,1-4H3,(H,29,32)/t23-/m0/s1. The van der Waals surface area contributed by atoms with Crippen LogP contribution >= 0.6 is 0 Å². The topological polar surface area (TPSA) is 61.1 Å². The highest BCUT2D eigenvalue weighted by Gasteiger charge is 2.23. The summed E-state index contributed by atoms with van der Waals surface area (Å²) in [5.74, 6) is 0.751. The smallest absolute Gasteiger partial charge is 0.253 e. The fourth-order valence-electron chi connectivity index (χ4n) is 4.40. The molecule has 0 saturated heterocycles. The predicted octanol–water partition coefficient (Wildman–Crippen LogP) is 4.65. The molecule has 0 radical (unpaired) electrons. The Labute approximate surface area is 194 Å². The van der Waals surface area contributed by atoms with Crippen molar-refractivity contribution in [2.45, 2.75) is 39.8 Å². The van der Waals surface area contributed by atoms with Crippen LogP contribution in [0, 0.1) is 20.8 Å². The van der Waals surface area contributed by atoms with Crippen LogP contribution in [0.1, 0.15) is 32.9 Å². The van der Waals surface area contributed by atoms with Gasteiger partial charge in [-0.25, -0.2) is 4.98 Å². The second-order valence-electron chi connectivity index (χ2n) is 8.32. The van der Waals surface area contributed by atoms with E-state index >= 15 is 0 Å². The summed E-state index contributed by atoms with van der Waals surface area (Å²) < 4.78 is 9.42. The average Bonchev–Trinajstić information content (AvgIpc) is 3.40. The summed E-state index contributed by atoms with van der Waals surface area (Å²) >= 11 is 0. The predicted molar refractivity (Wildman–Crippen MR) is 130 cm³/mol. The zero-order valence-corrected chi connectivity index (χ0v) is 19.6. The van der Waals surface area contributed by atoms with Crippen molar-refractivity contribution in [2.24, 2.45) is 0 Å². The van der Waals surface area contributed by atoms with E-state index in [4.69, 9.17) is 4.74 Å². The second-order valence-corrected chi connectivity index (χ2v) is 8.32. The summed E-state index contributed by atoms with van der Waals surface area (Å²) in [6.07, 6.45) is 6.20. The van der Waals surface area contributed by atoms with Gasteiger partial charge in [-0.15, -0.1) is 0 Å². The summed E-state index contributed by atoms with van der Waals surface area (Å²) in [7, 11) is 1.66. The van der Waals surface area contributed by atoms with Gasteiger partial charge in [-0.1, -0.05) is 30.3 Å². The Morgan fingerprint density at radius 3 is 2.39 bits per heavy atom. The van der Waals surface area contributed by atoms with Crippen molar-refractivity contribution in [1.29, 1.82) is 0 Å². The molecule has 2 aromatic carbocycles. The van der Waals surface area contributed by atoms with Gasteiger partial charge in [0.25, 0.3) is 5.91 Å². The van der Waals surface area contributed by atoms with Crippen LogP contribution in [-0.4, -0.2) is 33.2 Å². The van der Waals surface area contributed by atoms with E-state index < -0.39 is 0 Å². The largest absolute Gasteiger partial charge is 0.497 e. The third-order valence-electron chi connectivity index (χ3n) is 6.16. The highest BCUT2D eigenvalue weighted by molar-refractivity contribution is 5.97. The molecular weight excluding hydrogens is 412 g/mol. The average molecular weight is 443 g/mol. The molecule has 0 spiro atoms. The van der Waals surface area contributed by atoms with Gasteiger partial charge in [0.05, 0.1) is 25.0 Å². The fourth-order valence-corrected chi connectivity index (χ4v) is 4.40. The summed E-state index contributed by atoms with van der Waals surface area (Å²) in [5.41, 5.74) is 5.88. The van der Waals surface area contributed by atoms with E-state index in [2.05, 4.69) is 33.9 Å². The van der Waals surface area contributed by atoms with Gasteiger partial charge < -0.3 is 19.2 Å². The molecule has 2 aromatic heterocycles. The maximum absolute atomic E-state index is 13.5. The number of nitrogens with one attached hydrogen (secondary N) is 1. The van der Waals surface area contributed by atoms with Crippen molar-refractivity contribution in [3.05, 3.63) is 101 Å². The summed E-state index contributed by atoms with van der Waals surface area (Å²) in [6.45, 7) is 6.72. The van der Waals surface area contributed by atoms with Crippen LogP contribution < -0.4 is 10.1 Å². The molecule has 0 bridgehead atoms. The summed E-state index contributed by atoms with van der Waals surface area (Å²) in [5, 5.41) is 3.29. The van der Waals surface area contributed by atoms with Gasteiger partial charge in [0.15, 0.2) is 0 Å². The first-order valence-corrected chi connectivity index (χ1v) is 11.1. The van der Waals surface area contributed by atoms with Gasteiger partial charge >= 0.3 is 0 Å². The number of carbonyl (C=O) groups is 1. The zero-order valence-electron chi connectivity index (χ0n) is 19.6. The molecule has 0 unspecified atom stereocenters. The van der Waals surface area contributed by atoms with Gasteiger partial charge in [0.2, 0.25) is 0 Å². The van der Waals surface area contributed by atoms with Crippen molar-refractivity contribution in [2.75, 3.05) is 7.11 Å². The number of aromatic nitrogens is 3. The second kappa shape index (κ2) is 9.77. The van der Waals surface area contributed by atoms with Crippen LogP contribution in [0.5, 0.6) is 5.75 Å². The maximum Gasteiger partial charge on any atom is 0.253 e. The first-order valence-electron chi connectivity index (χ1n) is 11.1. The van der Waals surface area contributed by atoms with Gasteiger partial charge in [-0.05, 0) is 62.6 Å². The Bertz CT molecular complexity index is 1210. The molecule has 1 atom stereocenters. The van der Waals surface area contributed by atoms with E-state index in [1.165, 1.54) is 5.56 Å². The van der Waals surface area contributed by atoms with E-state index in [9.17, 15) is 4.79 Å². The van der Waals surface area contributed by atoms with Crippen molar-refractivity contribution in [1.82, 2.24) is 19.4 Å². The first-order chi connectivity index (χ1) is 16.0. The van der Waals surface area contributed by atoms with Crippen LogP contribution in [0.2, 0.25) is 0 Å². The van der Waals surface area contributed by atoms with Crippen LogP contribution in [0.15, 0.2) is 73.3 Å². The monoisotopic (exact) mass is 442 g/mol.